The van der Waals surface area contributed by atoms with Crippen molar-refractivity contribution in [3.8, 4) is 5.75 Å². The second-order valence-corrected chi connectivity index (χ2v) is 8.31. The van der Waals surface area contributed by atoms with E-state index in [2.05, 4.69) is 4.90 Å². The van der Waals surface area contributed by atoms with Crippen LogP contribution < -0.4 is 4.74 Å². The van der Waals surface area contributed by atoms with Gasteiger partial charge in [-0.3, -0.25) is 9.59 Å². The fourth-order valence-corrected chi connectivity index (χ4v) is 4.53. The molecule has 0 radical (unpaired) electrons. The number of carbonyl (C=O) groups is 2. The van der Waals surface area contributed by atoms with Crippen LogP contribution in [0.1, 0.15) is 54.1 Å². The summed E-state index contributed by atoms with van der Waals surface area (Å²) in [7, 11) is 0. The van der Waals surface area contributed by atoms with Gasteiger partial charge in [0.25, 0.3) is 5.91 Å². The molecule has 7 heteroatoms. The maximum atomic E-state index is 13.3. The lowest BCUT2D eigenvalue weighted by molar-refractivity contribution is -0.129. The molecule has 1 atom stereocenters. The lowest BCUT2D eigenvalue weighted by Crippen LogP contribution is -2.40. The number of ketones is 1. The fourth-order valence-electron chi connectivity index (χ4n) is 4.53. The summed E-state index contributed by atoms with van der Waals surface area (Å²) in [4.78, 5) is 30.4. The van der Waals surface area contributed by atoms with Gasteiger partial charge in [-0.25, -0.2) is 0 Å². The van der Waals surface area contributed by atoms with E-state index in [9.17, 15) is 14.7 Å². The molecule has 1 aromatic carbocycles. The second-order valence-electron chi connectivity index (χ2n) is 8.31. The molecule has 32 heavy (non-hydrogen) atoms. The van der Waals surface area contributed by atoms with Gasteiger partial charge < -0.3 is 24.1 Å². The molecule has 2 aliphatic heterocycles. The number of carbonyl (C=O) groups excluding carboxylic acids is 2. The maximum Gasteiger partial charge on any atom is 0.290 e. The molecule has 1 N–H and O–H groups in total. The van der Waals surface area contributed by atoms with Crippen LogP contribution in [0.15, 0.2) is 52.1 Å². The number of aliphatic hydroxyl groups is 1. The molecule has 2 aliphatic rings. The number of nitrogens with zero attached hydrogens (tertiary/aromatic N) is 2. The number of aryl methyl sites for hydroxylation is 1. The van der Waals surface area contributed by atoms with Crippen molar-refractivity contribution < 1.29 is 23.8 Å². The monoisotopic (exact) mass is 438 g/mol. The molecule has 4 rings (SSSR count). The van der Waals surface area contributed by atoms with Crippen molar-refractivity contribution in [2.75, 3.05) is 32.8 Å². The molecule has 0 saturated carbocycles. The van der Waals surface area contributed by atoms with Crippen molar-refractivity contribution in [1.82, 2.24) is 9.80 Å². The second kappa shape index (κ2) is 9.61. The number of Topliss-reactive ketones (excluding diaryl/α,β-unsaturated/α-hetero) is 1. The Balaban J connectivity index is 1.68. The Hall–Kier alpha value is -3.06. The zero-order chi connectivity index (χ0) is 22.7. The minimum absolute atomic E-state index is 0.0524. The minimum atomic E-state index is -0.703. The first kappa shape index (κ1) is 22.1. The number of ether oxygens (including phenoxy) is 1. The molecule has 0 bridgehead atoms. The van der Waals surface area contributed by atoms with Gasteiger partial charge in [0.15, 0.2) is 11.5 Å². The highest BCUT2D eigenvalue weighted by Gasteiger charge is 2.44. The van der Waals surface area contributed by atoms with Crippen LogP contribution in [0, 0.1) is 6.92 Å². The van der Waals surface area contributed by atoms with Gasteiger partial charge in [-0.1, -0.05) is 18.6 Å². The number of likely N-dealkylation sites (tertiary alicyclic amines) is 1. The molecule has 1 saturated heterocycles. The Kier molecular flexibility index (Phi) is 6.65. The molecule has 1 unspecified atom stereocenters. The van der Waals surface area contributed by atoms with Gasteiger partial charge in [0.2, 0.25) is 5.78 Å². The molecule has 2 aromatic rings. The fraction of sp³-hybridized carbons (Fsp3) is 0.440. The van der Waals surface area contributed by atoms with Crippen LogP contribution in [0.4, 0.5) is 0 Å². The van der Waals surface area contributed by atoms with Crippen molar-refractivity contribution in [2.24, 2.45) is 0 Å². The Bertz CT molecular complexity index is 1020. The van der Waals surface area contributed by atoms with Crippen LogP contribution in [0.3, 0.4) is 0 Å². The van der Waals surface area contributed by atoms with Crippen molar-refractivity contribution in [3.05, 3.63) is 64.8 Å². The molecular formula is C25H30N2O5. The molecule has 1 aromatic heterocycles. The van der Waals surface area contributed by atoms with Gasteiger partial charge in [0.1, 0.15) is 11.5 Å². The average molecular weight is 439 g/mol. The molecule has 1 fully saturated rings. The summed E-state index contributed by atoms with van der Waals surface area (Å²) in [5, 5.41) is 10.8. The smallest absolute Gasteiger partial charge is 0.290 e. The van der Waals surface area contributed by atoms with Crippen LogP contribution in [-0.2, 0) is 4.79 Å². The normalized spacial score (nSPS) is 19.6. The SMILES string of the molecule is CCOc1cccc(C2C(C(=O)c3ccc(C)o3)=C(O)C(=O)N2CCN2CCCCC2)c1. The third-order valence-corrected chi connectivity index (χ3v) is 6.10. The molecule has 0 spiro atoms. The highest BCUT2D eigenvalue weighted by Crippen LogP contribution is 2.40. The Labute approximate surface area is 188 Å². The van der Waals surface area contributed by atoms with Gasteiger partial charge >= 0.3 is 0 Å². The first-order valence-corrected chi connectivity index (χ1v) is 11.3. The third-order valence-electron chi connectivity index (χ3n) is 6.10. The summed E-state index contributed by atoms with van der Waals surface area (Å²) >= 11 is 0. The highest BCUT2D eigenvalue weighted by molar-refractivity contribution is 6.15. The number of piperidine rings is 1. The predicted molar refractivity (Wildman–Crippen MR) is 120 cm³/mol. The summed E-state index contributed by atoms with van der Waals surface area (Å²) in [6, 6.07) is 9.92. The predicted octanol–water partition coefficient (Wildman–Crippen LogP) is 4.05. The van der Waals surface area contributed by atoms with E-state index >= 15 is 0 Å². The Morgan fingerprint density at radius 3 is 2.62 bits per heavy atom. The van der Waals surface area contributed by atoms with Gasteiger partial charge in [-0.2, -0.15) is 0 Å². The van der Waals surface area contributed by atoms with Crippen molar-refractivity contribution in [2.45, 2.75) is 39.2 Å². The number of hydrogen-bond donors (Lipinski definition) is 1. The van der Waals surface area contributed by atoms with E-state index in [0.29, 0.717) is 31.2 Å². The number of aliphatic hydroxyl groups excluding tert-OH is 1. The van der Waals surface area contributed by atoms with Crippen LogP contribution in [0.25, 0.3) is 0 Å². The minimum Gasteiger partial charge on any atom is -0.503 e. The number of rotatable bonds is 8. The van der Waals surface area contributed by atoms with Crippen molar-refractivity contribution >= 4 is 11.7 Å². The first-order chi connectivity index (χ1) is 15.5. The average Bonchev–Trinajstić information content (AvgIpc) is 3.34. The third kappa shape index (κ3) is 4.43. The largest absolute Gasteiger partial charge is 0.503 e. The molecular weight excluding hydrogens is 408 g/mol. The lowest BCUT2D eigenvalue weighted by Gasteiger charge is -2.31. The van der Waals surface area contributed by atoms with E-state index in [1.165, 1.54) is 6.42 Å². The van der Waals surface area contributed by atoms with Gasteiger partial charge in [-0.05, 0) is 69.6 Å². The molecule has 7 nitrogen and oxygen atoms in total. The number of furan rings is 1. The summed E-state index contributed by atoms with van der Waals surface area (Å²) in [5.41, 5.74) is 0.773. The Morgan fingerprint density at radius 2 is 1.94 bits per heavy atom. The van der Waals surface area contributed by atoms with Gasteiger partial charge in [-0.15, -0.1) is 0 Å². The number of amides is 1. The van der Waals surface area contributed by atoms with Crippen molar-refractivity contribution in [3.63, 3.8) is 0 Å². The maximum absolute atomic E-state index is 13.3. The quantitative estimate of drug-likeness (QED) is 0.626. The summed E-state index contributed by atoms with van der Waals surface area (Å²) < 4.78 is 11.2. The van der Waals surface area contributed by atoms with Gasteiger partial charge in [0.05, 0.1) is 18.2 Å². The van der Waals surface area contributed by atoms with E-state index in [1.807, 2.05) is 31.2 Å². The van der Waals surface area contributed by atoms with Gasteiger partial charge in [0, 0.05) is 13.1 Å². The van der Waals surface area contributed by atoms with Crippen LogP contribution >= 0.6 is 0 Å². The van der Waals surface area contributed by atoms with E-state index in [1.54, 1.807) is 24.0 Å². The first-order valence-electron chi connectivity index (χ1n) is 11.3. The summed E-state index contributed by atoms with van der Waals surface area (Å²) in [6.45, 7) is 7.27. The zero-order valence-electron chi connectivity index (χ0n) is 18.7. The lowest BCUT2D eigenvalue weighted by atomic mass is 9.95. The summed E-state index contributed by atoms with van der Waals surface area (Å²) in [6.07, 6.45) is 3.53. The highest BCUT2D eigenvalue weighted by atomic mass is 16.5. The van der Waals surface area contributed by atoms with Crippen LogP contribution in [0.2, 0.25) is 0 Å². The molecule has 0 aliphatic carbocycles. The van der Waals surface area contributed by atoms with E-state index < -0.39 is 23.5 Å². The molecule has 1 amide bonds. The van der Waals surface area contributed by atoms with Crippen LogP contribution in [0.5, 0.6) is 5.75 Å². The zero-order valence-corrected chi connectivity index (χ0v) is 18.7. The standard InChI is InChI=1S/C25H30N2O5/c1-3-31-19-9-7-8-18(16-19)22-21(23(28)20-11-10-17(2)32-20)24(29)25(30)27(22)15-14-26-12-5-4-6-13-26/h7-11,16,22,29H,3-6,12-15H2,1-2H3. The van der Waals surface area contributed by atoms with Crippen molar-refractivity contribution in [1.29, 1.82) is 0 Å². The van der Waals surface area contributed by atoms with Crippen LogP contribution in [-0.4, -0.2) is 59.4 Å². The van der Waals surface area contributed by atoms with E-state index in [-0.39, 0.29) is 11.3 Å². The number of hydrogen-bond acceptors (Lipinski definition) is 6. The van der Waals surface area contributed by atoms with E-state index in [4.69, 9.17) is 9.15 Å². The molecule has 3 heterocycles. The number of benzene rings is 1. The Morgan fingerprint density at radius 1 is 1.16 bits per heavy atom. The summed E-state index contributed by atoms with van der Waals surface area (Å²) in [5.74, 6) is -0.151. The van der Waals surface area contributed by atoms with E-state index in [0.717, 1.165) is 31.5 Å². The molecule has 170 valence electrons. The topological polar surface area (TPSA) is 83.2 Å².